The zero-order valence-electron chi connectivity index (χ0n) is 11.3. The second-order valence-electron chi connectivity index (χ2n) is 5.68. The number of hydrogen-bond acceptors (Lipinski definition) is 4. The lowest BCUT2D eigenvalue weighted by atomic mass is 10.2. The molecule has 0 radical (unpaired) electrons. The van der Waals surface area contributed by atoms with Crippen molar-refractivity contribution in [3.63, 3.8) is 0 Å². The highest BCUT2D eigenvalue weighted by molar-refractivity contribution is 5.40. The van der Waals surface area contributed by atoms with Crippen molar-refractivity contribution in [3.05, 3.63) is 22.2 Å². The van der Waals surface area contributed by atoms with Gasteiger partial charge in [0.25, 0.3) is 5.56 Å². The summed E-state index contributed by atoms with van der Waals surface area (Å²) in [5.74, 6) is 2.15. The first kappa shape index (κ1) is 12.7. The molecule has 2 fully saturated rings. The zero-order valence-corrected chi connectivity index (χ0v) is 11.3. The van der Waals surface area contributed by atoms with Gasteiger partial charge in [-0.3, -0.25) is 4.79 Å². The molecule has 5 nitrogen and oxygen atoms in total. The Morgan fingerprint density at radius 2 is 2.05 bits per heavy atom. The Balaban J connectivity index is 1.89. The highest BCUT2D eigenvalue weighted by Gasteiger charge is 2.28. The molecular formula is C14H22N4O. The molecule has 1 heterocycles. The second kappa shape index (κ2) is 5.33. The smallest absolute Gasteiger partial charge is 0.252 e. The predicted molar refractivity (Wildman–Crippen MR) is 75.5 cm³/mol. The molecule has 2 aliphatic rings. The van der Waals surface area contributed by atoms with E-state index < -0.39 is 0 Å². The molecule has 19 heavy (non-hydrogen) atoms. The van der Waals surface area contributed by atoms with Crippen LogP contribution in [0.25, 0.3) is 0 Å². The second-order valence-corrected chi connectivity index (χ2v) is 5.68. The Morgan fingerprint density at radius 1 is 1.32 bits per heavy atom. The van der Waals surface area contributed by atoms with Gasteiger partial charge in [0.1, 0.15) is 11.6 Å². The van der Waals surface area contributed by atoms with Crippen LogP contribution in [-0.4, -0.2) is 29.1 Å². The lowest BCUT2D eigenvalue weighted by molar-refractivity contribution is 0.599. The molecule has 0 amide bonds. The summed E-state index contributed by atoms with van der Waals surface area (Å²) >= 11 is 0. The fourth-order valence-electron chi connectivity index (χ4n) is 3.00. The van der Waals surface area contributed by atoms with E-state index in [0.29, 0.717) is 18.5 Å². The maximum Gasteiger partial charge on any atom is 0.252 e. The van der Waals surface area contributed by atoms with Gasteiger partial charge >= 0.3 is 0 Å². The van der Waals surface area contributed by atoms with E-state index in [1.165, 1.54) is 25.7 Å². The molecule has 0 spiro atoms. The summed E-state index contributed by atoms with van der Waals surface area (Å²) in [5, 5.41) is 0. The summed E-state index contributed by atoms with van der Waals surface area (Å²) < 4.78 is 0. The normalized spacial score (nSPS) is 19.8. The Bertz CT molecular complexity index is 488. The van der Waals surface area contributed by atoms with Gasteiger partial charge in [0.05, 0.1) is 0 Å². The summed E-state index contributed by atoms with van der Waals surface area (Å²) in [6, 6.07) is 2.13. The monoisotopic (exact) mass is 262 g/mol. The largest absolute Gasteiger partial charge is 0.352 e. The SMILES string of the molecule is NCCN(c1cc(=O)[nH]c(C2CC2)n1)C1CCCC1. The van der Waals surface area contributed by atoms with Crippen LogP contribution in [0.2, 0.25) is 0 Å². The van der Waals surface area contributed by atoms with Crippen molar-refractivity contribution in [1.29, 1.82) is 0 Å². The van der Waals surface area contributed by atoms with Gasteiger partial charge in [-0.1, -0.05) is 12.8 Å². The number of nitrogens with zero attached hydrogens (tertiary/aromatic N) is 2. The number of aromatic amines is 1. The highest BCUT2D eigenvalue weighted by Crippen LogP contribution is 2.38. The number of rotatable bonds is 5. The van der Waals surface area contributed by atoms with E-state index in [0.717, 1.165) is 31.0 Å². The Labute approximate surface area is 113 Å². The number of H-pyrrole nitrogens is 1. The number of nitrogens with one attached hydrogen (secondary N) is 1. The summed E-state index contributed by atoms with van der Waals surface area (Å²) in [6.07, 6.45) is 7.20. The third-order valence-electron chi connectivity index (χ3n) is 4.14. The van der Waals surface area contributed by atoms with Crippen LogP contribution in [-0.2, 0) is 0 Å². The van der Waals surface area contributed by atoms with Crippen molar-refractivity contribution >= 4 is 5.82 Å². The van der Waals surface area contributed by atoms with Gasteiger partial charge in [0.15, 0.2) is 0 Å². The van der Waals surface area contributed by atoms with Crippen LogP contribution in [0.1, 0.15) is 50.3 Å². The minimum atomic E-state index is -0.0353. The van der Waals surface area contributed by atoms with E-state index in [1.807, 2.05) is 0 Å². The molecule has 0 saturated heterocycles. The third-order valence-corrected chi connectivity index (χ3v) is 4.14. The quantitative estimate of drug-likeness (QED) is 0.840. The Kier molecular flexibility index (Phi) is 3.55. The van der Waals surface area contributed by atoms with E-state index >= 15 is 0 Å². The number of nitrogens with two attached hydrogens (primary N) is 1. The molecule has 104 valence electrons. The molecule has 2 aliphatic carbocycles. The van der Waals surface area contributed by atoms with E-state index in [9.17, 15) is 4.79 Å². The first-order valence-electron chi connectivity index (χ1n) is 7.36. The summed E-state index contributed by atoms with van der Waals surface area (Å²) in [6.45, 7) is 1.38. The highest BCUT2D eigenvalue weighted by atomic mass is 16.1. The molecule has 5 heteroatoms. The lowest BCUT2D eigenvalue weighted by Gasteiger charge is -2.29. The molecule has 0 bridgehead atoms. The lowest BCUT2D eigenvalue weighted by Crippen LogP contribution is -2.38. The van der Waals surface area contributed by atoms with Crippen molar-refractivity contribution in [2.24, 2.45) is 5.73 Å². The molecular weight excluding hydrogens is 240 g/mol. The first-order chi connectivity index (χ1) is 9.28. The topological polar surface area (TPSA) is 75.0 Å². The van der Waals surface area contributed by atoms with Gasteiger partial charge in [-0.25, -0.2) is 4.98 Å². The van der Waals surface area contributed by atoms with E-state index in [2.05, 4.69) is 14.9 Å². The number of hydrogen-bond donors (Lipinski definition) is 2. The van der Waals surface area contributed by atoms with Crippen molar-refractivity contribution in [2.45, 2.75) is 50.5 Å². The van der Waals surface area contributed by atoms with Gasteiger partial charge in [0, 0.05) is 31.1 Å². The molecule has 3 rings (SSSR count). The minimum absolute atomic E-state index is 0.0353. The fraction of sp³-hybridized carbons (Fsp3) is 0.714. The van der Waals surface area contributed by atoms with Crippen LogP contribution in [0.3, 0.4) is 0 Å². The van der Waals surface area contributed by atoms with E-state index in [1.54, 1.807) is 6.07 Å². The van der Waals surface area contributed by atoms with E-state index in [-0.39, 0.29) is 5.56 Å². The molecule has 1 aromatic rings. The third kappa shape index (κ3) is 2.81. The molecule has 3 N–H and O–H groups in total. The standard InChI is InChI=1S/C14H22N4O/c15-7-8-18(11-3-1-2-4-11)12-9-13(19)17-14(16-12)10-5-6-10/h9-11H,1-8,15H2,(H,16,17,19). The average Bonchev–Trinajstić information content (AvgIpc) is 3.12. The molecule has 0 atom stereocenters. The Morgan fingerprint density at radius 3 is 2.68 bits per heavy atom. The van der Waals surface area contributed by atoms with Crippen LogP contribution in [0.4, 0.5) is 5.82 Å². The van der Waals surface area contributed by atoms with Crippen molar-refractivity contribution in [2.75, 3.05) is 18.0 Å². The average molecular weight is 262 g/mol. The van der Waals surface area contributed by atoms with Gasteiger partial charge in [-0.15, -0.1) is 0 Å². The van der Waals surface area contributed by atoms with E-state index in [4.69, 9.17) is 5.73 Å². The first-order valence-corrected chi connectivity index (χ1v) is 7.36. The number of aromatic nitrogens is 2. The van der Waals surface area contributed by atoms with Crippen molar-refractivity contribution < 1.29 is 0 Å². The fourth-order valence-corrected chi connectivity index (χ4v) is 3.00. The van der Waals surface area contributed by atoms with Crippen LogP contribution >= 0.6 is 0 Å². The zero-order chi connectivity index (χ0) is 13.2. The van der Waals surface area contributed by atoms with Crippen molar-refractivity contribution in [3.8, 4) is 0 Å². The van der Waals surface area contributed by atoms with Crippen LogP contribution in [0.15, 0.2) is 10.9 Å². The molecule has 1 aromatic heterocycles. The summed E-state index contributed by atoms with van der Waals surface area (Å²) in [5.41, 5.74) is 5.69. The molecule has 2 saturated carbocycles. The molecule has 0 unspecified atom stereocenters. The summed E-state index contributed by atoms with van der Waals surface area (Å²) in [4.78, 5) is 21.6. The maximum atomic E-state index is 11.8. The predicted octanol–water partition coefficient (Wildman–Crippen LogP) is 1.35. The molecule has 0 aromatic carbocycles. The molecule has 0 aliphatic heterocycles. The Hall–Kier alpha value is -1.36. The van der Waals surface area contributed by atoms with Gasteiger partial charge in [-0.05, 0) is 25.7 Å². The van der Waals surface area contributed by atoms with Gasteiger partial charge < -0.3 is 15.6 Å². The minimum Gasteiger partial charge on any atom is -0.352 e. The van der Waals surface area contributed by atoms with Crippen LogP contribution in [0.5, 0.6) is 0 Å². The van der Waals surface area contributed by atoms with Gasteiger partial charge in [-0.2, -0.15) is 0 Å². The number of anilines is 1. The van der Waals surface area contributed by atoms with Gasteiger partial charge in [0.2, 0.25) is 0 Å². The van der Waals surface area contributed by atoms with Crippen LogP contribution < -0.4 is 16.2 Å². The van der Waals surface area contributed by atoms with Crippen LogP contribution in [0, 0.1) is 0 Å². The van der Waals surface area contributed by atoms with Crippen molar-refractivity contribution in [1.82, 2.24) is 9.97 Å². The summed E-state index contributed by atoms with van der Waals surface area (Å²) in [7, 11) is 0. The maximum absolute atomic E-state index is 11.8.